The summed E-state index contributed by atoms with van der Waals surface area (Å²) < 4.78 is 0. The van der Waals surface area contributed by atoms with Gasteiger partial charge in [-0.15, -0.1) is 5.10 Å². The molecule has 0 bridgehead atoms. The highest BCUT2D eigenvalue weighted by molar-refractivity contribution is 5.71. The van der Waals surface area contributed by atoms with E-state index in [4.69, 9.17) is 0 Å². The number of aromatic nitrogens is 5. The molecule has 4 N–H and O–H groups in total. The third-order valence-electron chi connectivity index (χ3n) is 4.81. The normalized spacial score (nSPS) is 13.0. The number of carboxylic acid groups (broad SMARTS) is 1. The molecule has 9 heteroatoms. The number of phenolic OH excluding ortho intramolecular Hbond substituents is 1. The first-order valence-electron chi connectivity index (χ1n) is 9.50. The molecular weight excluding hydrogens is 372 g/mol. The van der Waals surface area contributed by atoms with Crippen LogP contribution >= 0.6 is 0 Å². The topological polar surface area (TPSA) is 137 Å². The van der Waals surface area contributed by atoms with Crippen LogP contribution in [-0.4, -0.2) is 41.8 Å². The fraction of sp³-hybridized carbons (Fsp3) is 0.350. The van der Waals surface area contributed by atoms with Crippen molar-refractivity contribution in [1.82, 2.24) is 25.6 Å². The number of hydrogen-bond acceptors (Lipinski definition) is 7. The summed E-state index contributed by atoms with van der Waals surface area (Å²) in [5, 5.41) is 36.1. The molecule has 0 fully saturated rings. The standard InChI is InChI=1S/C20H24N6O3/c1-2-3-16(20(28)29)17(19-23-25-26-24-19)10-14-6-9-18(22-12-14)21-11-13-4-7-15(27)8-5-13/h4-9,12,16-17,27H,2-3,10-11H2,1H3,(H,21,22)(H,28,29)(H,23,24,25,26)/t16-,17?/m0/s1. The Kier molecular flexibility index (Phi) is 6.72. The number of aliphatic carboxylic acids is 1. The number of rotatable bonds is 10. The second kappa shape index (κ2) is 9.63. The second-order valence-electron chi connectivity index (χ2n) is 6.90. The van der Waals surface area contributed by atoms with Crippen molar-refractivity contribution in [1.29, 1.82) is 0 Å². The van der Waals surface area contributed by atoms with E-state index in [0.717, 1.165) is 17.5 Å². The van der Waals surface area contributed by atoms with Crippen molar-refractivity contribution >= 4 is 11.8 Å². The molecule has 0 spiro atoms. The SMILES string of the molecule is CCC[C@H](C(=O)O)C(Cc1ccc(NCc2ccc(O)cc2)nc1)c1nnn[nH]1. The van der Waals surface area contributed by atoms with Crippen molar-refractivity contribution in [2.45, 2.75) is 38.6 Å². The number of aromatic hydroxyl groups is 1. The van der Waals surface area contributed by atoms with E-state index in [1.54, 1.807) is 18.3 Å². The van der Waals surface area contributed by atoms with E-state index in [1.807, 2.05) is 31.2 Å². The summed E-state index contributed by atoms with van der Waals surface area (Å²) in [6, 6.07) is 10.7. The maximum absolute atomic E-state index is 11.8. The van der Waals surface area contributed by atoms with Crippen LogP contribution in [0.15, 0.2) is 42.6 Å². The number of aromatic amines is 1. The first-order valence-corrected chi connectivity index (χ1v) is 9.50. The van der Waals surface area contributed by atoms with Gasteiger partial charge in [-0.2, -0.15) is 0 Å². The zero-order chi connectivity index (χ0) is 20.6. The number of nitrogens with zero attached hydrogens (tertiary/aromatic N) is 4. The van der Waals surface area contributed by atoms with Crippen molar-refractivity contribution in [2.75, 3.05) is 5.32 Å². The van der Waals surface area contributed by atoms with Gasteiger partial charge in [0, 0.05) is 18.7 Å². The molecule has 1 unspecified atom stereocenters. The van der Waals surface area contributed by atoms with Crippen molar-refractivity contribution < 1.29 is 15.0 Å². The number of nitrogens with one attached hydrogen (secondary N) is 2. The van der Waals surface area contributed by atoms with Gasteiger partial charge in [0.05, 0.1) is 5.92 Å². The fourth-order valence-corrected chi connectivity index (χ4v) is 3.27. The Labute approximate surface area is 168 Å². The monoisotopic (exact) mass is 396 g/mol. The third kappa shape index (κ3) is 5.50. The average molecular weight is 396 g/mol. The third-order valence-corrected chi connectivity index (χ3v) is 4.81. The van der Waals surface area contributed by atoms with Gasteiger partial charge in [-0.1, -0.05) is 31.5 Å². The van der Waals surface area contributed by atoms with Crippen LogP contribution < -0.4 is 5.32 Å². The summed E-state index contributed by atoms with van der Waals surface area (Å²) in [4.78, 5) is 16.2. The Hall–Kier alpha value is -3.49. The summed E-state index contributed by atoms with van der Waals surface area (Å²) in [5.74, 6) is -0.380. The van der Waals surface area contributed by atoms with Gasteiger partial charge in [0.25, 0.3) is 0 Å². The lowest BCUT2D eigenvalue weighted by Gasteiger charge is -2.21. The first kappa shape index (κ1) is 20.2. The molecule has 2 aromatic heterocycles. The molecule has 3 rings (SSSR count). The second-order valence-corrected chi connectivity index (χ2v) is 6.90. The van der Waals surface area contributed by atoms with Gasteiger partial charge in [0.15, 0.2) is 5.82 Å². The van der Waals surface area contributed by atoms with Gasteiger partial charge in [0.2, 0.25) is 0 Å². The lowest BCUT2D eigenvalue weighted by molar-refractivity contribution is -0.142. The van der Waals surface area contributed by atoms with Crippen LogP contribution in [-0.2, 0) is 17.8 Å². The summed E-state index contributed by atoms with van der Waals surface area (Å²) in [7, 11) is 0. The summed E-state index contributed by atoms with van der Waals surface area (Å²) in [6.07, 6.45) is 3.51. The first-order chi connectivity index (χ1) is 14.1. The number of phenols is 1. The van der Waals surface area contributed by atoms with Crippen molar-refractivity contribution in [3.63, 3.8) is 0 Å². The summed E-state index contributed by atoms with van der Waals surface area (Å²) >= 11 is 0. The number of hydrogen-bond donors (Lipinski definition) is 4. The Morgan fingerprint density at radius 3 is 2.52 bits per heavy atom. The highest BCUT2D eigenvalue weighted by atomic mass is 16.4. The fourth-order valence-electron chi connectivity index (χ4n) is 3.27. The Bertz CT molecular complexity index is 897. The molecule has 2 heterocycles. The molecule has 0 saturated carbocycles. The number of pyridine rings is 1. The number of H-pyrrole nitrogens is 1. The number of carboxylic acids is 1. The van der Waals surface area contributed by atoms with Gasteiger partial charge in [-0.3, -0.25) is 4.79 Å². The van der Waals surface area contributed by atoms with Crippen LogP contribution in [0.25, 0.3) is 0 Å². The predicted octanol–water partition coefficient (Wildman–Crippen LogP) is 2.74. The molecule has 2 atom stereocenters. The van der Waals surface area contributed by atoms with Gasteiger partial charge in [0.1, 0.15) is 11.6 Å². The molecule has 0 radical (unpaired) electrons. The van der Waals surface area contributed by atoms with Crippen molar-refractivity contribution in [3.8, 4) is 5.75 Å². The minimum atomic E-state index is -0.853. The maximum Gasteiger partial charge on any atom is 0.307 e. The Balaban J connectivity index is 1.68. The van der Waals surface area contributed by atoms with Crippen LogP contribution in [0.5, 0.6) is 5.75 Å². The molecule has 0 saturated heterocycles. The highest BCUT2D eigenvalue weighted by Gasteiger charge is 2.31. The lowest BCUT2D eigenvalue weighted by Crippen LogP contribution is -2.25. The van der Waals surface area contributed by atoms with Crippen molar-refractivity contribution in [3.05, 3.63) is 59.5 Å². The number of benzene rings is 1. The van der Waals surface area contributed by atoms with E-state index < -0.39 is 11.9 Å². The number of tetrazole rings is 1. The molecule has 0 aliphatic heterocycles. The van der Waals surface area contributed by atoms with E-state index in [2.05, 4.69) is 30.9 Å². The molecular formula is C20H24N6O3. The minimum Gasteiger partial charge on any atom is -0.508 e. The number of anilines is 1. The number of carbonyl (C=O) groups is 1. The van der Waals surface area contributed by atoms with Gasteiger partial charge in [-0.05, 0) is 52.6 Å². The Morgan fingerprint density at radius 2 is 1.93 bits per heavy atom. The Morgan fingerprint density at radius 1 is 1.17 bits per heavy atom. The predicted molar refractivity (Wildman–Crippen MR) is 106 cm³/mol. The molecule has 29 heavy (non-hydrogen) atoms. The van der Waals surface area contributed by atoms with Crippen LogP contribution in [0.3, 0.4) is 0 Å². The van der Waals surface area contributed by atoms with Gasteiger partial charge >= 0.3 is 5.97 Å². The molecule has 0 amide bonds. The van der Waals surface area contributed by atoms with Crippen molar-refractivity contribution in [2.24, 2.45) is 5.92 Å². The molecule has 3 aromatic rings. The van der Waals surface area contributed by atoms with Crippen LogP contribution in [0.2, 0.25) is 0 Å². The molecule has 152 valence electrons. The molecule has 9 nitrogen and oxygen atoms in total. The quantitative estimate of drug-likeness (QED) is 0.410. The van der Waals surface area contributed by atoms with Gasteiger partial charge in [-0.25, -0.2) is 10.1 Å². The summed E-state index contributed by atoms with van der Waals surface area (Å²) in [6.45, 7) is 2.54. The van der Waals surface area contributed by atoms with Crippen LogP contribution in [0.1, 0.15) is 42.6 Å². The zero-order valence-corrected chi connectivity index (χ0v) is 16.1. The van der Waals surface area contributed by atoms with E-state index in [-0.39, 0.29) is 11.7 Å². The van der Waals surface area contributed by atoms with E-state index in [9.17, 15) is 15.0 Å². The minimum absolute atomic E-state index is 0.232. The van der Waals surface area contributed by atoms with Gasteiger partial charge < -0.3 is 15.5 Å². The maximum atomic E-state index is 11.8. The molecule has 0 aliphatic rings. The largest absolute Gasteiger partial charge is 0.508 e. The van der Waals surface area contributed by atoms with E-state index in [1.165, 1.54) is 0 Å². The lowest BCUT2D eigenvalue weighted by atomic mass is 9.83. The van der Waals surface area contributed by atoms with Crippen LogP contribution in [0, 0.1) is 5.92 Å². The average Bonchev–Trinajstić information content (AvgIpc) is 3.25. The molecule has 1 aromatic carbocycles. The smallest absolute Gasteiger partial charge is 0.307 e. The van der Waals surface area contributed by atoms with Crippen LogP contribution in [0.4, 0.5) is 5.82 Å². The zero-order valence-electron chi connectivity index (χ0n) is 16.1. The van der Waals surface area contributed by atoms with E-state index >= 15 is 0 Å². The highest BCUT2D eigenvalue weighted by Crippen LogP contribution is 2.29. The molecule has 0 aliphatic carbocycles. The van der Waals surface area contributed by atoms with E-state index in [0.29, 0.717) is 31.0 Å². The summed E-state index contributed by atoms with van der Waals surface area (Å²) in [5.41, 5.74) is 1.93.